The molecule has 0 aromatic carbocycles. The molecule has 0 aromatic rings. The zero-order valence-electron chi connectivity index (χ0n) is 12.6. The fraction of sp³-hybridized carbons (Fsp3) is 1.00. The molecule has 1 N–H and O–H groups in total. The Hall–Kier alpha value is -0.330. The van der Waals surface area contributed by atoms with E-state index in [0.29, 0.717) is 6.42 Å². The van der Waals surface area contributed by atoms with Gasteiger partial charge in [0, 0.05) is 25.2 Å². The van der Waals surface area contributed by atoms with Gasteiger partial charge in [0.05, 0.1) is 0 Å². The van der Waals surface area contributed by atoms with Gasteiger partial charge >= 0.3 is 6.18 Å². The second kappa shape index (κ2) is 8.20. The van der Waals surface area contributed by atoms with Crippen molar-refractivity contribution in [2.75, 3.05) is 39.4 Å². The van der Waals surface area contributed by atoms with Crippen LogP contribution >= 0.6 is 0 Å². The van der Waals surface area contributed by atoms with E-state index in [4.69, 9.17) is 0 Å². The van der Waals surface area contributed by atoms with Gasteiger partial charge in [-0.2, -0.15) is 13.2 Å². The SMILES string of the molecule is CCC1(CC)CN(CCCOCC(F)(F)F)CCCN1. The number of hydrogen-bond acceptors (Lipinski definition) is 3. The first-order valence-electron chi connectivity index (χ1n) is 7.52. The maximum atomic E-state index is 11.9. The molecule has 0 aliphatic carbocycles. The Labute approximate surface area is 119 Å². The van der Waals surface area contributed by atoms with Crippen LogP contribution in [0, 0.1) is 0 Å². The Morgan fingerprint density at radius 2 is 1.95 bits per heavy atom. The monoisotopic (exact) mass is 296 g/mol. The number of rotatable bonds is 7. The summed E-state index contributed by atoms with van der Waals surface area (Å²) in [5.41, 5.74) is 0.156. The molecule has 0 atom stereocenters. The fourth-order valence-corrected chi connectivity index (χ4v) is 2.71. The lowest BCUT2D eigenvalue weighted by Gasteiger charge is -2.35. The Morgan fingerprint density at radius 3 is 2.55 bits per heavy atom. The van der Waals surface area contributed by atoms with Crippen molar-refractivity contribution in [1.82, 2.24) is 10.2 Å². The normalized spacial score (nSPS) is 20.9. The quantitative estimate of drug-likeness (QED) is 0.731. The molecule has 120 valence electrons. The standard InChI is InChI=1S/C14H27F3N2O/c1-3-13(4-2)11-19(8-5-7-18-13)9-6-10-20-12-14(15,16)17/h18H,3-12H2,1-2H3. The summed E-state index contributed by atoms with van der Waals surface area (Å²) >= 11 is 0. The summed E-state index contributed by atoms with van der Waals surface area (Å²) in [6.45, 7) is 7.22. The zero-order chi connectivity index (χ0) is 15.1. The molecule has 0 unspecified atom stereocenters. The molecule has 1 saturated heterocycles. The molecule has 6 heteroatoms. The number of nitrogens with one attached hydrogen (secondary N) is 1. The van der Waals surface area contributed by atoms with Crippen LogP contribution in [-0.4, -0.2) is 56.0 Å². The lowest BCUT2D eigenvalue weighted by molar-refractivity contribution is -0.174. The molecule has 20 heavy (non-hydrogen) atoms. The maximum Gasteiger partial charge on any atom is 0.411 e. The molecule has 1 fully saturated rings. The molecule has 1 rings (SSSR count). The molecular weight excluding hydrogens is 269 g/mol. The lowest BCUT2D eigenvalue weighted by Crippen LogP contribution is -2.50. The van der Waals surface area contributed by atoms with Gasteiger partial charge in [0.2, 0.25) is 0 Å². The van der Waals surface area contributed by atoms with Gasteiger partial charge in [-0.15, -0.1) is 0 Å². The van der Waals surface area contributed by atoms with E-state index in [-0.39, 0.29) is 12.1 Å². The van der Waals surface area contributed by atoms with Gasteiger partial charge < -0.3 is 15.0 Å². The Balaban J connectivity index is 2.28. The van der Waals surface area contributed by atoms with Gasteiger partial charge in [-0.3, -0.25) is 0 Å². The largest absolute Gasteiger partial charge is 0.411 e. The minimum Gasteiger partial charge on any atom is -0.372 e. The van der Waals surface area contributed by atoms with Crippen molar-refractivity contribution in [3.8, 4) is 0 Å². The van der Waals surface area contributed by atoms with Crippen molar-refractivity contribution >= 4 is 0 Å². The first-order chi connectivity index (χ1) is 9.41. The zero-order valence-corrected chi connectivity index (χ0v) is 12.6. The van der Waals surface area contributed by atoms with Crippen LogP contribution in [0.2, 0.25) is 0 Å². The second-order valence-electron chi connectivity index (χ2n) is 5.57. The van der Waals surface area contributed by atoms with E-state index in [2.05, 4.69) is 28.8 Å². The molecule has 1 aliphatic rings. The van der Waals surface area contributed by atoms with Crippen molar-refractivity contribution in [3.05, 3.63) is 0 Å². The van der Waals surface area contributed by atoms with Crippen LogP contribution in [0.3, 0.4) is 0 Å². The summed E-state index contributed by atoms with van der Waals surface area (Å²) in [5.74, 6) is 0. The van der Waals surface area contributed by atoms with E-state index in [1.54, 1.807) is 0 Å². The van der Waals surface area contributed by atoms with Gasteiger partial charge in [0.25, 0.3) is 0 Å². The maximum absolute atomic E-state index is 11.9. The molecule has 0 bridgehead atoms. The van der Waals surface area contributed by atoms with E-state index in [1.807, 2.05) is 0 Å². The molecule has 1 aliphatic heterocycles. The fourth-order valence-electron chi connectivity index (χ4n) is 2.71. The molecule has 0 aromatic heterocycles. The van der Waals surface area contributed by atoms with Crippen LogP contribution in [0.4, 0.5) is 13.2 Å². The van der Waals surface area contributed by atoms with E-state index in [9.17, 15) is 13.2 Å². The van der Waals surface area contributed by atoms with Gasteiger partial charge in [-0.05, 0) is 38.8 Å². The molecule has 0 spiro atoms. The van der Waals surface area contributed by atoms with Gasteiger partial charge in [-0.25, -0.2) is 0 Å². The van der Waals surface area contributed by atoms with Crippen molar-refractivity contribution in [1.29, 1.82) is 0 Å². The van der Waals surface area contributed by atoms with Crippen molar-refractivity contribution < 1.29 is 17.9 Å². The highest BCUT2D eigenvalue weighted by Gasteiger charge is 2.30. The van der Waals surface area contributed by atoms with Crippen molar-refractivity contribution in [2.45, 2.75) is 51.2 Å². The topological polar surface area (TPSA) is 24.5 Å². The van der Waals surface area contributed by atoms with Gasteiger partial charge in [0.15, 0.2) is 0 Å². The first-order valence-corrected chi connectivity index (χ1v) is 7.52. The Bertz CT molecular complexity index is 268. The summed E-state index contributed by atoms with van der Waals surface area (Å²) in [6, 6.07) is 0. The summed E-state index contributed by atoms with van der Waals surface area (Å²) < 4.78 is 40.5. The van der Waals surface area contributed by atoms with E-state index in [0.717, 1.165) is 45.4 Å². The smallest absolute Gasteiger partial charge is 0.372 e. The third kappa shape index (κ3) is 6.41. The summed E-state index contributed by atoms with van der Waals surface area (Å²) in [7, 11) is 0. The number of ether oxygens (including phenoxy) is 1. The molecule has 0 radical (unpaired) electrons. The predicted molar refractivity (Wildman–Crippen MR) is 73.9 cm³/mol. The number of nitrogens with zero attached hydrogens (tertiary/aromatic N) is 1. The molecule has 0 saturated carbocycles. The third-order valence-corrected chi connectivity index (χ3v) is 4.06. The summed E-state index contributed by atoms with van der Waals surface area (Å²) in [6.07, 6.45) is -0.327. The third-order valence-electron chi connectivity index (χ3n) is 4.06. The van der Waals surface area contributed by atoms with Crippen LogP contribution in [0.15, 0.2) is 0 Å². The van der Waals surface area contributed by atoms with Crippen LogP contribution in [0.1, 0.15) is 39.5 Å². The van der Waals surface area contributed by atoms with Crippen LogP contribution in [-0.2, 0) is 4.74 Å². The molecule has 1 heterocycles. The number of hydrogen-bond donors (Lipinski definition) is 1. The summed E-state index contributed by atoms with van der Waals surface area (Å²) in [4.78, 5) is 2.35. The highest BCUT2D eigenvalue weighted by molar-refractivity contribution is 4.90. The Kier molecular flexibility index (Phi) is 7.26. The molecule has 3 nitrogen and oxygen atoms in total. The van der Waals surface area contributed by atoms with Crippen molar-refractivity contribution in [2.24, 2.45) is 0 Å². The first kappa shape index (κ1) is 17.7. The highest BCUT2D eigenvalue weighted by Crippen LogP contribution is 2.20. The Morgan fingerprint density at radius 1 is 1.25 bits per heavy atom. The van der Waals surface area contributed by atoms with Gasteiger partial charge in [-0.1, -0.05) is 13.8 Å². The van der Waals surface area contributed by atoms with Gasteiger partial charge in [0.1, 0.15) is 6.61 Å². The molecule has 0 amide bonds. The lowest BCUT2D eigenvalue weighted by atomic mass is 9.92. The van der Waals surface area contributed by atoms with E-state index >= 15 is 0 Å². The van der Waals surface area contributed by atoms with E-state index < -0.39 is 12.8 Å². The van der Waals surface area contributed by atoms with Crippen LogP contribution in [0.25, 0.3) is 0 Å². The van der Waals surface area contributed by atoms with Crippen LogP contribution < -0.4 is 5.32 Å². The average Bonchev–Trinajstić information content (AvgIpc) is 2.60. The average molecular weight is 296 g/mol. The predicted octanol–water partition coefficient (Wildman–Crippen LogP) is 2.81. The molecular formula is C14H27F3N2O. The van der Waals surface area contributed by atoms with Crippen LogP contribution in [0.5, 0.6) is 0 Å². The number of halogens is 3. The summed E-state index contributed by atoms with van der Waals surface area (Å²) in [5, 5.41) is 3.62. The number of alkyl halides is 3. The minimum absolute atomic E-state index is 0.156. The highest BCUT2D eigenvalue weighted by atomic mass is 19.4. The van der Waals surface area contributed by atoms with Crippen molar-refractivity contribution in [3.63, 3.8) is 0 Å². The van der Waals surface area contributed by atoms with E-state index in [1.165, 1.54) is 0 Å². The second-order valence-corrected chi connectivity index (χ2v) is 5.57. The minimum atomic E-state index is -4.22.